The van der Waals surface area contributed by atoms with E-state index < -0.39 is 0 Å². The highest BCUT2D eigenvalue weighted by molar-refractivity contribution is 5.37. The van der Waals surface area contributed by atoms with Crippen molar-refractivity contribution in [1.29, 1.82) is 0 Å². The molecule has 0 fully saturated rings. The fraction of sp³-hybridized carbons (Fsp3) is 0.647. The summed E-state index contributed by atoms with van der Waals surface area (Å²) in [5.74, 6) is 0.815. The summed E-state index contributed by atoms with van der Waals surface area (Å²) in [5, 5.41) is 3.78. The fourth-order valence-electron chi connectivity index (χ4n) is 3.13. The molecule has 1 aromatic carbocycles. The second kappa shape index (κ2) is 5.44. The zero-order chi connectivity index (χ0) is 13.2. The van der Waals surface area contributed by atoms with Crippen molar-refractivity contribution in [2.24, 2.45) is 11.3 Å². The largest absolute Gasteiger partial charge is 0.309 e. The molecular formula is C17H27N. The average Bonchev–Trinajstić information content (AvgIpc) is 2.54. The second-order valence-corrected chi connectivity index (χ2v) is 6.79. The Morgan fingerprint density at radius 3 is 2.72 bits per heavy atom. The number of hydrogen-bond acceptors (Lipinski definition) is 1. The molecule has 0 aromatic heterocycles. The molecule has 0 saturated carbocycles. The molecule has 0 heterocycles. The molecule has 1 aromatic rings. The second-order valence-electron chi connectivity index (χ2n) is 6.79. The van der Waals surface area contributed by atoms with Gasteiger partial charge >= 0.3 is 0 Å². The molecule has 0 aliphatic heterocycles. The van der Waals surface area contributed by atoms with Crippen molar-refractivity contribution >= 4 is 0 Å². The number of nitrogens with one attached hydrogen (secondary N) is 1. The minimum atomic E-state index is 0.349. The Hall–Kier alpha value is -0.820. The third kappa shape index (κ3) is 2.95. The van der Waals surface area contributed by atoms with Gasteiger partial charge in [0.15, 0.2) is 0 Å². The molecular weight excluding hydrogens is 218 g/mol. The molecule has 0 amide bonds. The molecule has 2 rings (SSSR count). The number of hydrogen-bond donors (Lipinski definition) is 1. The van der Waals surface area contributed by atoms with Crippen LogP contribution in [-0.2, 0) is 6.42 Å². The van der Waals surface area contributed by atoms with Crippen LogP contribution in [0.1, 0.15) is 57.7 Å². The van der Waals surface area contributed by atoms with Crippen LogP contribution in [-0.4, -0.2) is 6.54 Å². The predicted octanol–water partition coefficient (Wildman–Crippen LogP) is 4.34. The summed E-state index contributed by atoms with van der Waals surface area (Å²) in [6.07, 6.45) is 3.80. The van der Waals surface area contributed by atoms with Gasteiger partial charge in [-0.05, 0) is 48.3 Å². The zero-order valence-corrected chi connectivity index (χ0v) is 12.3. The van der Waals surface area contributed by atoms with E-state index in [1.165, 1.54) is 30.4 Å². The molecule has 1 unspecified atom stereocenters. The van der Waals surface area contributed by atoms with Gasteiger partial charge in [0.1, 0.15) is 0 Å². The van der Waals surface area contributed by atoms with Crippen LogP contribution in [0.15, 0.2) is 24.3 Å². The minimum Gasteiger partial charge on any atom is -0.309 e. The summed E-state index contributed by atoms with van der Waals surface area (Å²) in [6, 6.07) is 9.44. The Morgan fingerprint density at radius 2 is 2.00 bits per heavy atom. The van der Waals surface area contributed by atoms with Crippen molar-refractivity contribution in [2.75, 3.05) is 6.54 Å². The Kier molecular flexibility index (Phi) is 4.11. The van der Waals surface area contributed by atoms with Gasteiger partial charge in [0.2, 0.25) is 0 Å². The lowest BCUT2D eigenvalue weighted by Crippen LogP contribution is -2.31. The standard InChI is InChI=1S/C17H27N/c1-13(2)8-7-11-18-16-15-10-6-5-9-14(15)12-17(16,3)4/h5-6,9-10,13,16,18H,7-8,11-12H2,1-4H3. The SMILES string of the molecule is CC(C)CCCNC1c2ccccc2CC1(C)C. The van der Waals surface area contributed by atoms with Gasteiger partial charge in [-0.25, -0.2) is 0 Å². The van der Waals surface area contributed by atoms with Crippen LogP contribution in [0, 0.1) is 11.3 Å². The molecule has 1 aliphatic rings. The molecule has 18 heavy (non-hydrogen) atoms. The van der Waals surface area contributed by atoms with Gasteiger partial charge in [0, 0.05) is 6.04 Å². The van der Waals surface area contributed by atoms with Crippen LogP contribution >= 0.6 is 0 Å². The summed E-state index contributed by atoms with van der Waals surface area (Å²) in [4.78, 5) is 0. The number of benzene rings is 1. The van der Waals surface area contributed by atoms with Gasteiger partial charge in [0.05, 0.1) is 0 Å². The molecule has 1 aliphatic carbocycles. The third-order valence-electron chi connectivity index (χ3n) is 4.10. The van der Waals surface area contributed by atoms with Crippen molar-refractivity contribution in [3.05, 3.63) is 35.4 Å². The Balaban J connectivity index is 1.98. The molecule has 0 bridgehead atoms. The van der Waals surface area contributed by atoms with Crippen molar-refractivity contribution in [1.82, 2.24) is 5.32 Å². The van der Waals surface area contributed by atoms with Gasteiger partial charge in [-0.15, -0.1) is 0 Å². The molecule has 1 atom stereocenters. The van der Waals surface area contributed by atoms with Gasteiger partial charge in [-0.3, -0.25) is 0 Å². The van der Waals surface area contributed by atoms with Gasteiger partial charge in [-0.1, -0.05) is 52.0 Å². The molecule has 0 saturated heterocycles. The first-order chi connectivity index (χ1) is 8.50. The molecule has 1 heteroatoms. The minimum absolute atomic E-state index is 0.349. The summed E-state index contributed by atoms with van der Waals surface area (Å²) in [7, 11) is 0. The highest BCUT2D eigenvalue weighted by atomic mass is 14.9. The van der Waals surface area contributed by atoms with Gasteiger partial charge in [0.25, 0.3) is 0 Å². The first-order valence-corrected chi connectivity index (χ1v) is 7.32. The van der Waals surface area contributed by atoms with Crippen LogP contribution in [0.25, 0.3) is 0 Å². The molecule has 0 spiro atoms. The third-order valence-corrected chi connectivity index (χ3v) is 4.10. The quantitative estimate of drug-likeness (QED) is 0.761. The summed E-state index contributed by atoms with van der Waals surface area (Å²) >= 11 is 0. The average molecular weight is 245 g/mol. The first-order valence-electron chi connectivity index (χ1n) is 7.32. The molecule has 100 valence electrons. The van der Waals surface area contributed by atoms with Crippen molar-refractivity contribution in [2.45, 2.75) is 53.0 Å². The Labute approximate surface area is 112 Å². The van der Waals surface area contributed by atoms with E-state index in [9.17, 15) is 0 Å². The lowest BCUT2D eigenvalue weighted by atomic mass is 9.85. The smallest absolute Gasteiger partial charge is 0.0377 e. The fourth-order valence-corrected chi connectivity index (χ4v) is 3.13. The molecule has 1 nitrogen and oxygen atoms in total. The van der Waals surface area contributed by atoms with E-state index in [4.69, 9.17) is 0 Å². The first kappa shape index (κ1) is 13.6. The zero-order valence-electron chi connectivity index (χ0n) is 12.3. The maximum Gasteiger partial charge on any atom is 0.0377 e. The van der Waals surface area contributed by atoms with Crippen LogP contribution in [0.4, 0.5) is 0 Å². The van der Waals surface area contributed by atoms with Crippen molar-refractivity contribution < 1.29 is 0 Å². The maximum absolute atomic E-state index is 3.78. The lowest BCUT2D eigenvalue weighted by Gasteiger charge is -2.29. The predicted molar refractivity (Wildman–Crippen MR) is 78.7 cm³/mol. The lowest BCUT2D eigenvalue weighted by molar-refractivity contribution is 0.267. The molecule has 1 N–H and O–H groups in total. The summed E-state index contributed by atoms with van der Waals surface area (Å²) in [6.45, 7) is 10.5. The van der Waals surface area contributed by atoms with Crippen LogP contribution in [0.2, 0.25) is 0 Å². The topological polar surface area (TPSA) is 12.0 Å². The van der Waals surface area contributed by atoms with Crippen LogP contribution in [0.3, 0.4) is 0 Å². The van der Waals surface area contributed by atoms with E-state index in [0.717, 1.165) is 12.5 Å². The maximum atomic E-state index is 3.78. The van der Waals surface area contributed by atoms with Crippen LogP contribution in [0.5, 0.6) is 0 Å². The van der Waals surface area contributed by atoms with E-state index in [2.05, 4.69) is 57.3 Å². The van der Waals surface area contributed by atoms with E-state index in [1.807, 2.05) is 0 Å². The van der Waals surface area contributed by atoms with Crippen molar-refractivity contribution in [3.8, 4) is 0 Å². The highest BCUT2D eigenvalue weighted by Gasteiger charge is 2.37. The normalized spacial score (nSPS) is 21.3. The van der Waals surface area contributed by atoms with E-state index in [-0.39, 0.29) is 0 Å². The summed E-state index contributed by atoms with van der Waals surface area (Å²) < 4.78 is 0. The van der Waals surface area contributed by atoms with E-state index in [1.54, 1.807) is 0 Å². The number of rotatable bonds is 5. The van der Waals surface area contributed by atoms with E-state index in [0.29, 0.717) is 11.5 Å². The summed E-state index contributed by atoms with van der Waals surface area (Å²) in [5.41, 5.74) is 3.40. The van der Waals surface area contributed by atoms with Crippen molar-refractivity contribution in [3.63, 3.8) is 0 Å². The number of fused-ring (bicyclic) bond motifs is 1. The van der Waals surface area contributed by atoms with Crippen LogP contribution < -0.4 is 5.32 Å². The molecule has 0 radical (unpaired) electrons. The highest BCUT2D eigenvalue weighted by Crippen LogP contribution is 2.44. The monoisotopic (exact) mass is 245 g/mol. The Bertz CT molecular complexity index is 392. The van der Waals surface area contributed by atoms with Gasteiger partial charge in [-0.2, -0.15) is 0 Å². The Morgan fingerprint density at radius 1 is 1.28 bits per heavy atom. The van der Waals surface area contributed by atoms with E-state index >= 15 is 0 Å². The van der Waals surface area contributed by atoms with Gasteiger partial charge < -0.3 is 5.32 Å².